The number of ketones is 2. The van der Waals surface area contributed by atoms with E-state index in [-0.39, 0.29) is 24.1 Å². The summed E-state index contributed by atoms with van der Waals surface area (Å²) >= 11 is 0. The van der Waals surface area contributed by atoms with Gasteiger partial charge in [-0.25, -0.2) is 0 Å². The van der Waals surface area contributed by atoms with Gasteiger partial charge in [-0.3, -0.25) is 19.5 Å². The van der Waals surface area contributed by atoms with Crippen LogP contribution in [0, 0.1) is 0 Å². The van der Waals surface area contributed by atoms with E-state index < -0.39 is 5.41 Å². The molecule has 0 bridgehead atoms. The van der Waals surface area contributed by atoms with Crippen molar-refractivity contribution >= 4 is 11.6 Å². The standard InChI is InChI=1S/C33H37N3O4/c1-35-15-17-36(18-16-35)22-24-7-9-27-28(19-24)32(38)33(31(27)37,21-23-11-13-34-14-12-23)25-8-10-29(39-2)30(20-25)40-26-5-3-4-6-26/h7-14,19-20,26H,3-6,15-18,21-22H2,1-2H3. The summed E-state index contributed by atoms with van der Waals surface area (Å²) in [6.07, 6.45) is 8.05. The van der Waals surface area contributed by atoms with Gasteiger partial charge in [0.15, 0.2) is 23.1 Å². The van der Waals surface area contributed by atoms with Crippen LogP contribution < -0.4 is 9.47 Å². The number of carbonyl (C=O) groups excluding carboxylic acids is 2. The SMILES string of the molecule is COc1ccc(C2(Cc3ccncc3)C(=O)c3ccc(CN4CCN(C)CC4)cc3C2=O)cc1OC1CCCC1. The van der Waals surface area contributed by atoms with Crippen LogP contribution in [-0.4, -0.2) is 72.8 Å². The number of ether oxygens (including phenoxy) is 2. The molecule has 7 heteroatoms. The lowest BCUT2D eigenvalue weighted by Gasteiger charge is -2.32. The number of Topliss-reactive ketones (excluding diaryl/α,β-unsaturated/α-hetero) is 2. The summed E-state index contributed by atoms with van der Waals surface area (Å²) in [7, 11) is 3.76. The van der Waals surface area contributed by atoms with E-state index in [9.17, 15) is 9.59 Å². The molecule has 1 aliphatic heterocycles. The molecule has 1 atom stereocenters. The topological polar surface area (TPSA) is 72.0 Å². The smallest absolute Gasteiger partial charge is 0.182 e. The molecule has 0 spiro atoms. The maximum atomic E-state index is 14.5. The van der Waals surface area contributed by atoms with Gasteiger partial charge < -0.3 is 14.4 Å². The average Bonchev–Trinajstić information content (AvgIpc) is 3.56. The Labute approximate surface area is 236 Å². The summed E-state index contributed by atoms with van der Waals surface area (Å²) in [4.78, 5) is 37.7. The number of hydrogen-bond donors (Lipinski definition) is 0. The number of rotatable bonds is 8. The maximum absolute atomic E-state index is 14.5. The fourth-order valence-electron chi connectivity index (χ4n) is 6.45. The van der Waals surface area contributed by atoms with Gasteiger partial charge in [0.25, 0.3) is 0 Å². The Hall–Kier alpha value is -3.55. The van der Waals surface area contributed by atoms with Crippen LogP contribution in [0.25, 0.3) is 0 Å². The number of benzene rings is 2. The van der Waals surface area contributed by atoms with Gasteiger partial charge >= 0.3 is 0 Å². The zero-order valence-corrected chi connectivity index (χ0v) is 23.4. The molecule has 1 saturated carbocycles. The zero-order valence-electron chi connectivity index (χ0n) is 23.4. The Kier molecular flexibility index (Phi) is 7.43. The van der Waals surface area contributed by atoms with Crippen LogP contribution in [0.15, 0.2) is 60.9 Å². The molecule has 40 heavy (non-hydrogen) atoms. The highest BCUT2D eigenvalue weighted by atomic mass is 16.5. The summed E-state index contributed by atoms with van der Waals surface area (Å²) in [6.45, 7) is 4.80. The fraction of sp³-hybridized carbons (Fsp3) is 0.424. The molecule has 2 heterocycles. The first-order chi connectivity index (χ1) is 19.5. The lowest BCUT2D eigenvalue weighted by molar-refractivity contribution is 0.0792. The molecule has 6 rings (SSSR count). The van der Waals surface area contributed by atoms with E-state index in [1.54, 1.807) is 19.5 Å². The number of pyridine rings is 1. The largest absolute Gasteiger partial charge is 0.493 e. The normalized spacial score (nSPS) is 22.1. The minimum atomic E-state index is -1.38. The summed E-state index contributed by atoms with van der Waals surface area (Å²) in [5, 5.41) is 0. The van der Waals surface area contributed by atoms with E-state index in [2.05, 4.69) is 21.8 Å². The number of aromatic nitrogens is 1. The number of likely N-dealkylation sites (N-methyl/N-ethyl adjacent to an activating group) is 1. The second kappa shape index (κ2) is 11.1. The highest BCUT2D eigenvalue weighted by Gasteiger charge is 2.54. The molecular formula is C33H37N3O4. The van der Waals surface area contributed by atoms with Crippen molar-refractivity contribution in [3.05, 3.63) is 88.7 Å². The summed E-state index contributed by atoms with van der Waals surface area (Å²) < 4.78 is 12.0. The number of hydrogen-bond acceptors (Lipinski definition) is 7. The van der Waals surface area contributed by atoms with Crippen LogP contribution in [0.3, 0.4) is 0 Å². The summed E-state index contributed by atoms with van der Waals surface area (Å²) in [5.41, 5.74) is 2.22. The first-order valence-electron chi connectivity index (χ1n) is 14.4. The molecular weight excluding hydrogens is 502 g/mol. The summed E-state index contributed by atoms with van der Waals surface area (Å²) in [6, 6.07) is 15.1. The van der Waals surface area contributed by atoms with E-state index in [1.165, 1.54) is 0 Å². The minimum Gasteiger partial charge on any atom is -0.493 e. The first kappa shape index (κ1) is 26.7. The minimum absolute atomic E-state index is 0.115. The van der Waals surface area contributed by atoms with Crippen LogP contribution in [-0.2, 0) is 18.4 Å². The van der Waals surface area contributed by atoms with E-state index in [1.807, 2.05) is 48.5 Å². The van der Waals surface area contributed by atoms with Crippen molar-refractivity contribution in [3.63, 3.8) is 0 Å². The third kappa shape index (κ3) is 4.93. The van der Waals surface area contributed by atoms with Gasteiger partial charge in [-0.05, 0) is 86.2 Å². The molecule has 1 aromatic heterocycles. The maximum Gasteiger partial charge on any atom is 0.182 e. The van der Waals surface area contributed by atoms with Gasteiger partial charge in [0.1, 0.15) is 5.41 Å². The molecule has 0 amide bonds. The van der Waals surface area contributed by atoms with Crippen molar-refractivity contribution < 1.29 is 19.1 Å². The molecule has 208 valence electrons. The zero-order chi connectivity index (χ0) is 27.7. The molecule has 2 aliphatic carbocycles. The Morgan fingerprint density at radius 1 is 0.850 bits per heavy atom. The van der Waals surface area contributed by atoms with Crippen molar-refractivity contribution in [1.29, 1.82) is 0 Å². The third-order valence-electron chi connectivity index (χ3n) is 8.82. The molecule has 1 saturated heterocycles. The Bertz CT molecular complexity index is 1390. The second-order valence-electron chi connectivity index (χ2n) is 11.4. The molecule has 2 aromatic carbocycles. The van der Waals surface area contributed by atoms with Crippen molar-refractivity contribution in [1.82, 2.24) is 14.8 Å². The van der Waals surface area contributed by atoms with Crippen LogP contribution in [0.2, 0.25) is 0 Å². The molecule has 7 nitrogen and oxygen atoms in total. The average molecular weight is 540 g/mol. The summed E-state index contributed by atoms with van der Waals surface area (Å²) in [5.74, 6) is 0.891. The van der Waals surface area contributed by atoms with Crippen LogP contribution in [0.5, 0.6) is 11.5 Å². The number of piperazine rings is 1. The van der Waals surface area contributed by atoms with Gasteiger partial charge in [0.05, 0.1) is 13.2 Å². The van der Waals surface area contributed by atoms with Crippen LogP contribution >= 0.6 is 0 Å². The van der Waals surface area contributed by atoms with Crippen molar-refractivity contribution in [2.75, 3.05) is 40.3 Å². The third-order valence-corrected chi connectivity index (χ3v) is 8.82. The predicted molar refractivity (Wildman–Crippen MR) is 153 cm³/mol. The van der Waals surface area contributed by atoms with E-state index >= 15 is 0 Å². The quantitative estimate of drug-likeness (QED) is 0.384. The van der Waals surface area contributed by atoms with E-state index in [0.29, 0.717) is 28.2 Å². The van der Waals surface area contributed by atoms with Crippen LogP contribution in [0.1, 0.15) is 63.1 Å². The number of fused-ring (bicyclic) bond motifs is 1. The molecule has 0 N–H and O–H groups in total. The van der Waals surface area contributed by atoms with Gasteiger partial charge in [-0.1, -0.05) is 18.2 Å². The highest BCUT2D eigenvalue weighted by molar-refractivity contribution is 6.33. The van der Waals surface area contributed by atoms with Gasteiger partial charge in [-0.15, -0.1) is 0 Å². The number of methoxy groups -OCH3 is 1. The fourth-order valence-corrected chi connectivity index (χ4v) is 6.45. The van der Waals surface area contributed by atoms with Gasteiger partial charge in [-0.2, -0.15) is 0 Å². The molecule has 0 radical (unpaired) electrons. The Balaban J connectivity index is 1.39. The molecule has 1 unspecified atom stereocenters. The second-order valence-corrected chi connectivity index (χ2v) is 11.4. The monoisotopic (exact) mass is 539 g/mol. The lowest BCUT2D eigenvalue weighted by Crippen LogP contribution is -2.43. The number of carbonyl (C=O) groups is 2. The number of nitrogens with zero attached hydrogens (tertiary/aromatic N) is 3. The lowest BCUT2D eigenvalue weighted by atomic mass is 9.71. The predicted octanol–water partition coefficient (Wildman–Crippen LogP) is 4.72. The van der Waals surface area contributed by atoms with Crippen molar-refractivity contribution in [2.24, 2.45) is 0 Å². The Morgan fingerprint density at radius 2 is 1.57 bits per heavy atom. The molecule has 2 fully saturated rings. The van der Waals surface area contributed by atoms with E-state index in [0.717, 1.165) is 69.5 Å². The van der Waals surface area contributed by atoms with E-state index in [4.69, 9.17) is 9.47 Å². The van der Waals surface area contributed by atoms with Gasteiger partial charge in [0.2, 0.25) is 0 Å². The highest BCUT2D eigenvalue weighted by Crippen LogP contribution is 2.45. The van der Waals surface area contributed by atoms with Crippen LogP contribution in [0.4, 0.5) is 0 Å². The Morgan fingerprint density at radius 3 is 2.30 bits per heavy atom. The molecule has 3 aliphatic rings. The first-order valence-corrected chi connectivity index (χ1v) is 14.4. The van der Waals surface area contributed by atoms with Crippen molar-refractivity contribution in [3.8, 4) is 11.5 Å². The van der Waals surface area contributed by atoms with Crippen molar-refractivity contribution in [2.45, 2.75) is 50.2 Å². The molecule has 3 aromatic rings. The van der Waals surface area contributed by atoms with Gasteiger partial charge in [0, 0.05) is 56.2 Å².